The molecule has 1 aliphatic heterocycles. The fourth-order valence-electron chi connectivity index (χ4n) is 1.94. The summed E-state index contributed by atoms with van der Waals surface area (Å²) in [7, 11) is -3.33. The first-order valence-electron chi connectivity index (χ1n) is 5.85. The number of sulfonamides is 1. The van der Waals surface area contributed by atoms with Gasteiger partial charge < -0.3 is 0 Å². The minimum absolute atomic E-state index is 0.391. The van der Waals surface area contributed by atoms with Crippen molar-refractivity contribution in [2.45, 2.75) is 18.2 Å². The van der Waals surface area contributed by atoms with Crippen LogP contribution in [0.15, 0.2) is 40.8 Å². The Kier molecular flexibility index (Phi) is 4.45. The molecule has 0 radical (unpaired) electrons. The summed E-state index contributed by atoms with van der Waals surface area (Å²) in [4.78, 5) is 0.391. The normalized spacial score (nSPS) is 17.6. The molecule has 1 aliphatic rings. The van der Waals surface area contributed by atoms with Gasteiger partial charge in [-0.05, 0) is 31.1 Å². The molecule has 18 heavy (non-hydrogen) atoms. The lowest BCUT2D eigenvalue weighted by molar-refractivity contribution is 0.429. The van der Waals surface area contributed by atoms with Gasteiger partial charge in [0.1, 0.15) is 0 Å². The number of rotatable bonds is 3. The fraction of sp³-hybridized carbons (Fsp3) is 0.385. The van der Waals surface area contributed by atoms with E-state index in [0.29, 0.717) is 18.0 Å². The summed E-state index contributed by atoms with van der Waals surface area (Å²) in [5, 5.41) is 0. The van der Waals surface area contributed by atoms with Crippen molar-refractivity contribution in [1.82, 2.24) is 4.31 Å². The standard InChI is InChI=1S/C13H16INO2S/c1-11-4-6-13(7-5-11)18(16,17)15-8-2-3-12(9-14)10-15/h3-7H,2,8-10H2,1H3. The Hall–Kier alpha value is -0.400. The highest BCUT2D eigenvalue weighted by Crippen LogP contribution is 2.21. The van der Waals surface area contributed by atoms with Crippen LogP contribution in [0.4, 0.5) is 0 Å². The number of hydrogen-bond donors (Lipinski definition) is 0. The Morgan fingerprint density at radius 1 is 1.28 bits per heavy atom. The zero-order valence-corrected chi connectivity index (χ0v) is 13.2. The molecule has 2 rings (SSSR count). The molecule has 0 aliphatic carbocycles. The maximum atomic E-state index is 12.5. The highest BCUT2D eigenvalue weighted by Gasteiger charge is 2.26. The summed E-state index contributed by atoms with van der Waals surface area (Å²) in [5.74, 6) is 0. The predicted octanol–water partition coefficient (Wildman–Crippen LogP) is 2.75. The number of halogens is 1. The van der Waals surface area contributed by atoms with Crippen molar-refractivity contribution in [2.24, 2.45) is 0 Å². The third-order valence-corrected chi connectivity index (χ3v) is 5.86. The maximum absolute atomic E-state index is 12.5. The van der Waals surface area contributed by atoms with E-state index in [-0.39, 0.29) is 0 Å². The summed E-state index contributed by atoms with van der Waals surface area (Å²) >= 11 is 2.27. The summed E-state index contributed by atoms with van der Waals surface area (Å²) in [6.45, 7) is 3.06. The van der Waals surface area contributed by atoms with Gasteiger partial charge in [0.05, 0.1) is 4.90 Å². The smallest absolute Gasteiger partial charge is 0.207 e. The van der Waals surface area contributed by atoms with Gasteiger partial charge in [0.25, 0.3) is 0 Å². The van der Waals surface area contributed by atoms with Gasteiger partial charge in [-0.15, -0.1) is 0 Å². The molecular formula is C13H16INO2S. The topological polar surface area (TPSA) is 37.4 Å². The molecule has 3 nitrogen and oxygen atoms in total. The van der Waals surface area contributed by atoms with Crippen molar-refractivity contribution >= 4 is 32.6 Å². The monoisotopic (exact) mass is 377 g/mol. The van der Waals surface area contributed by atoms with E-state index >= 15 is 0 Å². The molecule has 0 bridgehead atoms. The van der Waals surface area contributed by atoms with Crippen molar-refractivity contribution < 1.29 is 8.42 Å². The molecule has 0 amide bonds. The summed E-state index contributed by atoms with van der Waals surface area (Å²) < 4.78 is 27.4. The average molecular weight is 377 g/mol. The SMILES string of the molecule is Cc1ccc(S(=O)(=O)N2CCC=C(CI)C2)cc1. The fourth-order valence-corrected chi connectivity index (χ4v) is 3.96. The molecule has 1 aromatic carbocycles. The van der Waals surface area contributed by atoms with Crippen LogP contribution in [0.25, 0.3) is 0 Å². The molecule has 1 heterocycles. The van der Waals surface area contributed by atoms with Gasteiger partial charge in [0.2, 0.25) is 10.0 Å². The van der Waals surface area contributed by atoms with Crippen LogP contribution in [0.5, 0.6) is 0 Å². The van der Waals surface area contributed by atoms with E-state index in [1.54, 1.807) is 16.4 Å². The number of hydrogen-bond acceptors (Lipinski definition) is 2. The van der Waals surface area contributed by atoms with E-state index in [9.17, 15) is 8.42 Å². The van der Waals surface area contributed by atoms with Gasteiger partial charge >= 0.3 is 0 Å². The second-order valence-electron chi connectivity index (χ2n) is 4.44. The van der Waals surface area contributed by atoms with Crippen molar-refractivity contribution in [3.8, 4) is 0 Å². The Bertz CT molecular complexity index is 549. The second kappa shape index (κ2) is 5.71. The van der Waals surface area contributed by atoms with E-state index in [1.807, 2.05) is 19.1 Å². The Balaban J connectivity index is 2.27. The van der Waals surface area contributed by atoms with Gasteiger partial charge in [-0.25, -0.2) is 8.42 Å². The average Bonchev–Trinajstić information content (AvgIpc) is 2.39. The van der Waals surface area contributed by atoms with Gasteiger partial charge in [0, 0.05) is 17.5 Å². The molecule has 0 atom stereocenters. The van der Waals surface area contributed by atoms with Gasteiger partial charge in [-0.3, -0.25) is 0 Å². The highest BCUT2D eigenvalue weighted by atomic mass is 127. The minimum atomic E-state index is -3.33. The molecule has 0 saturated heterocycles. The number of benzene rings is 1. The lowest BCUT2D eigenvalue weighted by atomic mass is 10.2. The summed E-state index contributed by atoms with van der Waals surface area (Å²) in [5.41, 5.74) is 2.26. The Labute approximate surface area is 122 Å². The van der Waals surface area contributed by atoms with Crippen LogP contribution in [-0.2, 0) is 10.0 Å². The van der Waals surface area contributed by atoms with Gasteiger partial charge in [0.15, 0.2) is 0 Å². The van der Waals surface area contributed by atoms with Crippen LogP contribution in [0.1, 0.15) is 12.0 Å². The zero-order valence-electron chi connectivity index (χ0n) is 10.3. The molecular weight excluding hydrogens is 361 g/mol. The number of aryl methyl sites for hydroxylation is 1. The van der Waals surface area contributed by atoms with Crippen molar-refractivity contribution in [3.63, 3.8) is 0 Å². The maximum Gasteiger partial charge on any atom is 0.243 e. The van der Waals surface area contributed by atoms with Crippen LogP contribution in [0.2, 0.25) is 0 Å². The van der Waals surface area contributed by atoms with Crippen molar-refractivity contribution in [3.05, 3.63) is 41.5 Å². The highest BCUT2D eigenvalue weighted by molar-refractivity contribution is 14.1. The zero-order chi connectivity index (χ0) is 13.2. The second-order valence-corrected chi connectivity index (χ2v) is 7.14. The Morgan fingerprint density at radius 3 is 2.56 bits per heavy atom. The lowest BCUT2D eigenvalue weighted by Crippen LogP contribution is -2.36. The van der Waals surface area contributed by atoms with E-state index in [4.69, 9.17) is 0 Å². The third-order valence-electron chi connectivity index (χ3n) is 3.02. The van der Waals surface area contributed by atoms with E-state index < -0.39 is 10.0 Å². The Morgan fingerprint density at radius 2 is 1.94 bits per heavy atom. The van der Waals surface area contributed by atoms with Crippen LogP contribution in [0.3, 0.4) is 0 Å². The quantitative estimate of drug-likeness (QED) is 0.462. The molecule has 5 heteroatoms. The number of alkyl halides is 1. The molecule has 0 aromatic heterocycles. The van der Waals surface area contributed by atoms with E-state index in [1.165, 1.54) is 5.57 Å². The molecule has 0 spiro atoms. The molecule has 0 fully saturated rings. The molecule has 0 N–H and O–H groups in total. The van der Waals surface area contributed by atoms with Crippen LogP contribution < -0.4 is 0 Å². The first kappa shape index (κ1) is 14.0. The van der Waals surface area contributed by atoms with Gasteiger partial charge in [-0.1, -0.05) is 46.4 Å². The minimum Gasteiger partial charge on any atom is -0.207 e. The number of nitrogens with zero attached hydrogens (tertiary/aromatic N) is 1. The first-order chi connectivity index (χ1) is 8.54. The molecule has 0 saturated carbocycles. The van der Waals surface area contributed by atoms with E-state index in [0.717, 1.165) is 16.4 Å². The van der Waals surface area contributed by atoms with E-state index in [2.05, 4.69) is 28.7 Å². The summed E-state index contributed by atoms with van der Waals surface area (Å²) in [6, 6.07) is 7.05. The molecule has 98 valence electrons. The van der Waals surface area contributed by atoms with Gasteiger partial charge in [-0.2, -0.15) is 4.31 Å². The van der Waals surface area contributed by atoms with Crippen molar-refractivity contribution in [1.29, 1.82) is 0 Å². The van der Waals surface area contributed by atoms with Crippen LogP contribution >= 0.6 is 22.6 Å². The largest absolute Gasteiger partial charge is 0.243 e. The predicted molar refractivity (Wildman–Crippen MR) is 81.5 cm³/mol. The lowest BCUT2D eigenvalue weighted by Gasteiger charge is -2.26. The first-order valence-corrected chi connectivity index (χ1v) is 8.81. The molecule has 0 unspecified atom stereocenters. The third kappa shape index (κ3) is 2.95. The molecule has 1 aromatic rings. The van der Waals surface area contributed by atoms with Crippen molar-refractivity contribution in [2.75, 3.05) is 17.5 Å². The van der Waals surface area contributed by atoms with Crippen LogP contribution in [-0.4, -0.2) is 30.2 Å². The summed E-state index contributed by atoms with van der Waals surface area (Å²) in [6.07, 6.45) is 2.96. The van der Waals surface area contributed by atoms with Crippen LogP contribution in [0, 0.1) is 6.92 Å².